The first-order valence-corrected chi connectivity index (χ1v) is 7.28. The molecule has 0 aliphatic carbocycles. The molecule has 1 aliphatic heterocycles. The summed E-state index contributed by atoms with van der Waals surface area (Å²) in [6, 6.07) is 0.575. The van der Waals surface area contributed by atoms with E-state index in [4.69, 9.17) is 5.11 Å². The molecule has 1 aromatic heterocycles. The van der Waals surface area contributed by atoms with Gasteiger partial charge in [-0.15, -0.1) is 11.3 Å². The van der Waals surface area contributed by atoms with Gasteiger partial charge in [0.25, 0.3) is 0 Å². The summed E-state index contributed by atoms with van der Waals surface area (Å²) >= 11 is 1.56. The quantitative estimate of drug-likeness (QED) is 0.910. The number of carboxylic acids is 1. The number of thiazole rings is 1. The number of piperidine rings is 1. The molecule has 1 N–H and O–H groups in total. The van der Waals surface area contributed by atoms with Crippen LogP contribution >= 0.6 is 11.3 Å². The van der Waals surface area contributed by atoms with Gasteiger partial charge >= 0.3 is 5.97 Å². The summed E-state index contributed by atoms with van der Waals surface area (Å²) in [7, 11) is 0. The summed E-state index contributed by atoms with van der Waals surface area (Å²) in [4.78, 5) is 18.4. The van der Waals surface area contributed by atoms with Crippen LogP contribution in [-0.2, 0) is 11.2 Å². The molecule has 18 heavy (non-hydrogen) atoms. The van der Waals surface area contributed by atoms with Gasteiger partial charge in [-0.2, -0.15) is 0 Å². The third-order valence-corrected chi connectivity index (χ3v) is 4.59. The molecule has 1 unspecified atom stereocenters. The van der Waals surface area contributed by atoms with Gasteiger partial charge in [-0.05, 0) is 33.2 Å². The second-order valence-electron chi connectivity index (χ2n) is 5.16. The van der Waals surface area contributed by atoms with Gasteiger partial charge < -0.3 is 10.0 Å². The van der Waals surface area contributed by atoms with E-state index in [0.29, 0.717) is 12.0 Å². The van der Waals surface area contributed by atoms with Gasteiger partial charge in [-0.1, -0.05) is 0 Å². The Kier molecular flexibility index (Phi) is 4.35. The molecule has 0 amide bonds. The monoisotopic (exact) mass is 268 g/mol. The number of aliphatic carboxylic acids is 1. The van der Waals surface area contributed by atoms with Crippen LogP contribution in [0.5, 0.6) is 0 Å². The van der Waals surface area contributed by atoms with E-state index in [2.05, 4.69) is 23.7 Å². The van der Waals surface area contributed by atoms with Crippen molar-refractivity contribution in [2.75, 3.05) is 13.1 Å². The molecule has 0 radical (unpaired) electrons. The minimum Gasteiger partial charge on any atom is -0.481 e. The summed E-state index contributed by atoms with van der Waals surface area (Å²) in [5.74, 6) is -0.300. The Balaban J connectivity index is 2.02. The van der Waals surface area contributed by atoms with Crippen molar-refractivity contribution in [3.05, 3.63) is 16.1 Å². The van der Waals surface area contributed by atoms with Crippen molar-refractivity contribution < 1.29 is 9.90 Å². The van der Waals surface area contributed by atoms with Gasteiger partial charge in [0.2, 0.25) is 0 Å². The van der Waals surface area contributed by atoms with E-state index in [1.165, 1.54) is 19.4 Å². The molecule has 1 aliphatic rings. The van der Waals surface area contributed by atoms with Gasteiger partial charge in [0.1, 0.15) is 0 Å². The average molecular weight is 268 g/mol. The van der Waals surface area contributed by atoms with Crippen LogP contribution in [0.1, 0.15) is 42.5 Å². The van der Waals surface area contributed by atoms with E-state index in [9.17, 15) is 4.79 Å². The zero-order valence-electron chi connectivity index (χ0n) is 10.9. The average Bonchev–Trinajstić information content (AvgIpc) is 2.77. The van der Waals surface area contributed by atoms with E-state index >= 15 is 0 Å². The Hall–Kier alpha value is -0.940. The second kappa shape index (κ2) is 5.80. The highest BCUT2D eigenvalue weighted by atomic mass is 32.1. The van der Waals surface area contributed by atoms with Crippen LogP contribution < -0.4 is 0 Å². The number of nitrogens with zero attached hydrogens (tertiary/aromatic N) is 2. The largest absolute Gasteiger partial charge is 0.481 e. The lowest BCUT2D eigenvalue weighted by Gasteiger charge is -2.34. The second-order valence-corrected chi connectivity index (χ2v) is 6.31. The standard InChI is InChI=1S/C13H20N2O2S/c1-9(2)15-5-3-4-10(8-15)13-14-7-11(18-13)6-12(16)17/h7,9-10H,3-6,8H2,1-2H3,(H,16,17). The maximum atomic E-state index is 10.7. The van der Waals surface area contributed by atoms with Crippen molar-refractivity contribution in [2.24, 2.45) is 0 Å². The lowest BCUT2D eigenvalue weighted by atomic mass is 9.98. The molecule has 0 aromatic carbocycles. The van der Waals surface area contributed by atoms with Crippen LogP contribution in [-0.4, -0.2) is 40.1 Å². The van der Waals surface area contributed by atoms with Crippen molar-refractivity contribution in [3.63, 3.8) is 0 Å². The lowest BCUT2D eigenvalue weighted by molar-refractivity contribution is -0.136. The molecular weight excluding hydrogens is 248 g/mol. The van der Waals surface area contributed by atoms with E-state index in [1.807, 2.05) is 0 Å². The molecule has 4 nitrogen and oxygen atoms in total. The first-order valence-electron chi connectivity index (χ1n) is 6.46. The predicted molar refractivity (Wildman–Crippen MR) is 72.1 cm³/mol. The number of likely N-dealkylation sites (tertiary alicyclic amines) is 1. The zero-order valence-corrected chi connectivity index (χ0v) is 11.7. The zero-order chi connectivity index (χ0) is 13.1. The molecule has 0 bridgehead atoms. The molecule has 2 rings (SSSR count). The fourth-order valence-electron chi connectivity index (χ4n) is 2.42. The van der Waals surface area contributed by atoms with Crippen molar-refractivity contribution in [1.82, 2.24) is 9.88 Å². The van der Waals surface area contributed by atoms with Crippen LogP contribution in [0.3, 0.4) is 0 Å². The number of hydrogen-bond acceptors (Lipinski definition) is 4. The summed E-state index contributed by atoms with van der Waals surface area (Å²) in [6.07, 6.45) is 4.20. The molecule has 0 spiro atoms. The Morgan fingerprint density at radius 1 is 1.67 bits per heavy atom. The molecule has 1 aromatic rings. The predicted octanol–water partition coefficient (Wildman–Crippen LogP) is 2.36. The number of aromatic nitrogens is 1. The Labute approximate surface area is 112 Å². The van der Waals surface area contributed by atoms with Crippen LogP contribution in [0.15, 0.2) is 6.20 Å². The van der Waals surface area contributed by atoms with Crippen molar-refractivity contribution in [2.45, 2.75) is 45.1 Å². The fraction of sp³-hybridized carbons (Fsp3) is 0.692. The van der Waals surface area contributed by atoms with Crippen LogP contribution in [0.25, 0.3) is 0 Å². The topological polar surface area (TPSA) is 53.4 Å². The highest BCUT2D eigenvalue weighted by molar-refractivity contribution is 7.11. The maximum absolute atomic E-state index is 10.7. The molecule has 1 saturated heterocycles. The molecule has 0 saturated carbocycles. The Bertz CT molecular complexity index is 417. The summed E-state index contributed by atoms with van der Waals surface area (Å²) in [6.45, 7) is 6.67. The van der Waals surface area contributed by atoms with E-state index in [-0.39, 0.29) is 6.42 Å². The van der Waals surface area contributed by atoms with Crippen molar-refractivity contribution >= 4 is 17.3 Å². The van der Waals surface area contributed by atoms with Gasteiger partial charge in [0.05, 0.1) is 11.4 Å². The summed E-state index contributed by atoms with van der Waals surface area (Å²) in [5.41, 5.74) is 0. The first-order chi connectivity index (χ1) is 8.56. The van der Waals surface area contributed by atoms with E-state index < -0.39 is 5.97 Å². The smallest absolute Gasteiger partial charge is 0.308 e. The van der Waals surface area contributed by atoms with E-state index in [1.54, 1.807) is 17.5 Å². The van der Waals surface area contributed by atoms with Crippen molar-refractivity contribution in [3.8, 4) is 0 Å². The highest BCUT2D eigenvalue weighted by Crippen LogP contribution is 2.30. The molecule has 1 atom stereocenters. The number of hydrogen-bond donors (Lipinski definition) is 1. The summed E-state index contributed by atoms with van der Waals surface area (Å²) in [5, 5.41) is 9.88. The van der Waals surface area contributed by atoms with Gasteiger partial charge in [-0.25, -0.2) is 4.98 Å². The lowest BCUT2D eigenvalue weighted by Crippen LogP contribution is -2.39. The fourth-order valence-corrected chi connectivity index (χ4v) is 3.45. The minimum atomic E-state index is -0.780. The normalized spacial score (nSPS) is 21.4. The third-order valence-electron chi connectivity index (χ3n) is 3.43. The van der Waals surface area contributed by atoms with Crippen LogP contribution in [0.4, 0.5) is 0 Å². The van der Waals surface area contributed by atoms with Crippen molar-refractivity contribution in [1.29, 1.82) is 0 Å². The minimum absolute atomic E-state index is 0.0955. The van der Waals surface area contributed by atoms with E-state index in [0.717, 1.165) is 16.4 Å². The van der Waals surface area contributed by atoms with Crippen LogP contribution in [0.2, 0.25) is 0 Å². The third kappa shape index (κ3) is 3.29. The molecule has 2 heterocycles. The molecule has 1 fully saturated rings. The molecular formula is C13H20N2O2S. The number of carbonyl (C=O) groups is 1. The highest BCUT2D eigenvalue weighted by Gasteiger charge is 2.25. The number of carboxylic acid groups (broad SMARTS) is 1. The van der Waals surface area contributed by atoms with Gasteiger partial charge in [-0.3, -0.25) is 4.79 Å². The first kappa shape index (κ1) is 13.5. The van der Waals surface area contributed by atoms with Crippen LogP contribution in [0, 0.1) is 0 Å². The number of rotatable bonds is 4. The summed E-state index contributed by atoms with van der Waals surface area (Å²) < 4.78 is 0. The van der Waals surface area contributed by atoms with Gasteiger partial charge in [0.15, 0.2) is 0 Å². The SMILES string of the molecule is CC(C)N1CCCC(c2ncc(CC(=O)O)s2)C1. The Morgan fingerprint density at radius 2 is 2.44 bits per heavy atom. The Morgan fingerprint density at radius 3 is 3.11 bits per heavy atom. The van der Waals surface area contributed by atoms with Gasteiger partial charge in [0, 0.05) is 29.6 Å². The molecule has 100 valence electrons. The maximum Gasteiger partial charge on any atom is 0.308 e. The molecule has 5 heteroatoms.